The van der Waals surface area contributed by atoms with Crippen LogP contribution in [0.5, 0.6) is 0 Å². The second-order valence-electron chi connectivity index (χ2n) is 5.23. The van der Waals surface area contributed by atoms with E-state index in [-0.39, 0.29) is 11.8 Å². The highest BCUT2D eigenvalue weighted by Crippen LogP contribution is 2.28. The van der Waals surface area contributed by atoms with Crippen LogP contribution in [0.15, 0.2) is 24.3 Å². The molecule has 1 unspecified atom stereocenters. The molecule has 5 nitrogen and oxygen atoms in total. The van der Waals surface area contributed by atoms with Crippen LogP contribution in [0.4, 0.5) is 5.95 Å². The number of nitrogens with one attached hydrogen (secondary N) is 1. The van der Waals surface area contributed by atoms with Crippen LogP contribution in [0.3, 0.4) is 0 Å². The molecular formula is C14H16N4O. The summed E-state index contributed by atoms with van der Waals surface area (Å²) in [4.78, 5) is 19.0. The molecule has 1 fully saturated rings. The molecule has 1 saturated heterocycles. The van der Waals surface area contributed by atoms with Gasteiger partial charge in [0.05, 0.1) is 17.0 Å². The van der Waals surface area contributed by atoms with Crippen LogP contribution in [-0.4, -0.2) is 35.1 Å². The fourth-order valence-corrected chi connectivity index (χ4v) is 3.08. The second kappa shape index (κ2) is 4.06. The highest BCUT2D eigenvalue weighted by Gasteiger charge is 2.33. The topological polar surface area (TPSA) is 50.2 Å². The van der Waals surface area contributed by atoms with E-state index in [4.69, 9.17) is 0 Å². The Bertz CT molecular complexity index is 642. The molecular weight excluding hydrogens is 240 g/mol. The highest BCUT2D eigenvalue weighted by atomic mass is 16.2. The maximum absolute atomic E-state index is 12.5. The summed E-state index contributed by atoms with van der Waals surface area (Å²) >= 11 is 0. The molecule has 4 rings (SSSR count). The van der Waals surface area contributed by atoms with Crippen molar-refractivity contribution < 1.29 is 4.79 Å². The van der Waals surface area contributed by atoms with E-state index < -0.39 is 0 Å². The zero-order chi connectivity index (χ0) is 12.8. The average molecular weight is 256 g/mol. The Balaban J connectivity index is 1.73. The summed E-state index contributed by atoms with van der Waals surface area (Å²) in [7, 11) is 0. The number of carbonyl (C=O) groups excluding carboxylic acids is 1. The van der Waals surface area contributed by atoms with Crippen LogP contribution in [-0.2, 0) is 11.3 Å². The lowest BCUT2D eigenvalue weighted by molar-refractivity contribution is -0.121. The quantitative estimate of drug-likeness (QED) is 0.828. The first-order valence-corrected chi connectivity index (χ1v) is 6.82. The number of carbonyl (C=O) groups is 1. The van der Waals surface area contributed by atoms with Crippen molar-refractivity contribution in [2.24, 2.45) is 5.92 Å². The van der Waals surface area contributed by atoms with Gasteiger partial charge in [-0.2, -0.15) is 0 Å². The van der Waals surface area contributed by atoms with Gasteiger partial charge in [0, 0.05) is 19.6 Å². The predicted octanol–water partition coefficient (Wildman–Crippen LogP) is 0.992. The van der Waals surface area contributed by atoms with Crippen LogP contribution in [0, 0.1) is 5.92 Å². The number of amides is 1. The van der Waals surface area contributed by atoms with Crippen molar-refractivity contribution in [1.82, 2.24) is 14.9 Å². The molecule has 0 spiro atoms. The van der Waals surface area contributed by atoms with Gasteiger partial charge in [0.25, 0.3) is 0 Å². The minimum Gasteiger partial charge on any atom is -0.316 e. The lowest BCUT2D eigenvalue weighted by Gasteiger charge is -2.17. The zero-order valence-corrected chi connectivity index (χ0v) is 10.7. The maximum Gasteiger partial charge on any atom is 0.233 e. The van der Waals surface area contributed by atoms with Crippen LogP contribution in [0.2, 0.25) is 0 Å². The third-order valence-corrected chi connectivity index (χ3v) is 4.10. The van der Waals surface area contributed by atoms with Gasteiger partial charge < -0.3 is 9.88 Å². The van der Waals surface area contributed by atoms with E-state index in [0.717, 1.165) is 49.6 Å². The number of fused-ring (bicyclic) bond motifs is 3. The van der Waals surface area contributed by atoms with E-state index in [0.29, 0.717) is 0 Å². The van der Waals surface area contributed by atoms with Crippen molar-refractivity contribution in [3.8, 4) is 0 Å². The third kappa shape index (κ3) is 1.58. The Morgan fingerprint density at radius 3 is 3.05 bits per heavy atom. The Kier molecular flexibility index (Phi) is 2.35. The molecule has 1 aromatic heterocycles. The molecule has 1 atom stereocenters. The SMILES string of the molecule is O=C(C1CCNC1)N1CCn2c1nc1ccccc12. The molecule has 0 saturated carbocycles. The van der Waals surface area contributed by atoms with Gasteiger partial charge in [0.15, 0.2) is 0 Å². The summed E-state index contributed by atoms with van der Waals surface area (Å²) < 4.78 is 2.15. The molecule has 2 aliphatic rings. The number of hydrogen-bond acceptors (Lipinski definition) is 3. The Morgan fingerprint density at radius 2 is 2.21 bits per heavy atom. The molecule has 98 valence electrons. The smallest absolute Gasteiger partial charge is 0.233 e. The highest BCUT2D eigenvalue weighted by molar-refractivity contribution is 5.96. The third-order valence-electron chi connectivity index (χ3n) is 4.10. The minimum atomic E-state index is 0.117. The van der Waals surface area contributed by atoms with Crippen molar-refractivity contribution in [2.45, 2.75) is 13.0 Å². The first kappa shape index (κ1) is 11.0. The first-order valence-electron chi connectivity index (χ1n) is 6.82. The fraction of sp³-hybridized carbons (Fsp3) is 0.429. The summed E-state index contributed by atoms with van der Waals surface area (Å²) in [6, 6.07) is 8.07. The summed E-state index contributed by atoms with van der Waals surface area (Å²) in [5, 5.41) is 3.25. The lowest BCUT2D eigenvalue weighted by atomic mass is 10.1. The zero-order valence-electron chi connectivity index (χ0n) is 10.7. The van der Waals surface area contributed by atoms with Gasteiger partial charge in [-0.25, -0.2) is 4.98 Å². The minimum absolute atomic E-state index is 0.117. The van der Waals surface area contributed by atoms with Gasteiger partial charge in [-0.3, -0.25) is 9.69 Å². The largest absolute Gasteiger partial charge is 0.316 e. The Labute approximate surface area is 111 Å². The van der Waals surface area contributed by atoms with Gasteiger partial charge in [-0.15, -0.1) is 0 Å². The number of para-hydroxylation sites is 2. The van der Waals surface area contributed by atoms with Gasteiger partial charge >= 0.3 is 0 Å². The first-order chi connectivity index (χ1) is 9.34. The van der Waals surface area contributed by atoms with Crippen LogP contribution in [0.1, 0.15) is 6.42 Å². The van der Waals surface area contributed by atoms with E-state index >= 15 is 0 Å². The number of rotatable bonds is 1. The summed E-state index contributed by atoms with van der Waals surface area (Å²) in [6.07, 6.45) is 0.940. The number of aromatic nitrogens is 2. The van der Waals surface area contributed by atoms with Crippen molar-refractivity contribution in [1.29, 1.82) is 0 Å². The van der Waals surface area contributed by atoms with E-state index in [9.17, 15) is 4.79 Å². The van der Waals surface area contributed by atoms with E-state index in [1.165, 1.54) is 0 Å². The lowest BCUT2D eigenvalue weighted by Crippen LogP contribution is -2.36. The monoisotopic (exact) mass is 256 g/mol. The van der Waals surface area contributed by atoms with Crippen molar-refractivity contribution in [3.63, 3.8) is 0 Å². The van der Waals surface area contributed by atoms with E-state index in [1.54, 1.807) is 0 Å². The molecule has 0 bridgehead atoms. The Hall–Kier alpha value is -1.88. The van der Waals surface area contributed by atoms with Gasteiger partial charge in [-0.1, -0.05) is 12.1 Å². The van der Waals surface area contributed by atoms with Crippen LogP contribution in [0.25, 0.3) is 11.0 Å². The average Bonchev–Trinajstić information content (AvgIpc) is 3.14. The van der Waals surface area contributed by atoms with E-state index in [1.807, 2.05) is 23.1 Å². The standard InChI is InChI=1S/C14H16N4O/c19-13(10-5-6-15-9-10)18-8-7-17-12-4-2-1-3-11(12)16-14(17)18/h1-4,10,15H,5-9H2. The van der Waals surface area contributed by atoms with Crippen LogP contribution >= 0.6 is 0 Å². The summed E-state index contributed by atoms with van der Waals surface area (Å²) in [5.74, 6) is 1.16. The van der Waals surface area contributed by atoms with Crippen molar-refractivity contribution in [3.05, 3.63) is 24.3 Å². The number of imidazole rings is 1. The van der Waals surface area contributed by atoms with Crippen molar-refractivity contribution in [2.75, 3.05) is 24.5 Å². The number of anilines is 1. The fourth-order valence-electron chi connectivity index (χ4n) is 3.08. The summed E-state index contributed by atoms with van der Waals surface area (Å²) in [5.41, 5.74) is 2.09. The normalized spacial score (nSPS) is 22.1. The molecule has 5 heteroatoms. The molecule has 0 aliphatic carbocycles. The van der Waals surface area contributed by atoms with Gasteiger partial charge in [0.1, 0.15) is 0 Å². The van der Waals surface area contributed by atoms with E-state index in [2.05, 4.69) is 20.9 Å². The molecule has 2 aromatic rings. The van der Waals surface area contributed by atoms with Gasteiger partial charge in [-0.05, 0) is 25.1 Å². The maximum atomic E-state index is 12.5. The molecule has 0 radical (unpaired) electrons. The van der Waals surface area contributed by atoms with Crippen LogP contribution < -0.4 is 10.2 Å². The molecule has 19 heavy (non-hydrogen) atoms. The Morgan fingerprint density at radius 1 is 1.32 bits per heavy atom. The molecule has 3 heterocycles. The summed E-state index contributed by atoms with van der Waals surface area (Å²) in [6.45, 7) is 3.35. The molecule has 1 amide bonds. The molecule has 1 N–H and O–H groups in total. The molecule has 2 aliphatic heterocycles. The second-order valence-corrected chi connectivity index (χ2v) is 5.23. The van der Waals surface area contributed by atoms with Gasteiger partial charge in [0.2, 0.25) is 11.9 Å². The molecule has 1 aromatic carbocycles. The predicted molar refractivity (Wildman–Crippen MR) is 73.1 cm³/mol. The number of nitrogens with zero attached hydrogens (tertiary/aromatic N) is 3. The number of hydrogen-bond donors (Lipinski definition) is 1. The number of benzene rings is 1. The van der Waals surface area contributed by atoms with Crippen molar-refractivity contribution >= 4 is 22.9 Å².